The van der Waals surface area contributed by atoms with Gasteiger partial charge in [-0.05, 0) is 19.4 Å². The number of carbonyl (C=O) groups is 2. The average Bonchev–Trinajstić information content (AvgIpc) is 2.43. The molecule has 1 aromatic rings. The minimum absolute atomic E-state index is 0.0712. The quantitative estimate of drug-likeness (QED) is 0.813. The van der Waals surface area contributed by atoms with Gasteiger partial charge in [0.1, 0.15) is 6.61 Å². The monoisotopic (exact) mass is 291 g/mol. The predicted octanol–water partition coefficient (Wildman–Crippen LogP) is 3.61. The van der Waals surface area contributed by atoms with Crippen LogP contribution in [0.5, 0.6) is 0 Å². The molecule has 1 aromatic carbocycles. The van der Waals surface area contributed by atoms with Crippen molar-refractivity contribution in [2.24, 2.45) is 0 Å². The zero-order valence-corrected chi connectivity index (χ0v) is 12.3. The zero-order chi connectivity index (χ0) is 15.0. The highest BCUT2D eigenvalue weighted by Crippen LogP contribution is 2.22. The molecule has 0 heterocycles. The lowest BCUT2D eigenvalue weighted by Crippen LogP contribution is -2.22. The number of hydrogen-bond acceptors (Lipinski definition) is 4. The van der Waals surface area contributed by atoms with E-state index in [4.69, 9.17) is 4.74 Å². The van der Waals surface area contributed by atoms with Gasteiger partial charge >= 0.3 is 6.09 Å². The standard InChI is InChI=1S/C15H17NO3S/c1-4-14(11(2)17)20-12(3)16-15(18)19-10-13-8-6-5-7-9-13/h4-9H,3,10H2,1-2H3,(H,16,18)/b14-4-. The van der Waals surface area contributed by atoms with E-state index in [1.54, 1.807) is 13.0 Å². The van der Waals surface area contributed by atoms with Gasteiger partial charge in [-0.25, -0.2) is 4.79 Å². The fourth-order valence-corrected chi connectivity index (χ4v) is 2.03. The Bertz CT molecular complexity index is 523. The first-order valence-corrected chi connectivity index (χ1v) is 6.86. The van der Waals surface area contributed by atoms with E-state index in [1.807, 2.05) is 30.3 Å². The second-order valence-electron chi connectivity index (χ2n) is 3.92. The Morgan fingerprint density at radius 3 is 2.55 bits per heavy atom. The van der Waals surface area contributed by atoms with Crippen molar-refractivity contribution in [1.29, 1.82) is 0 Å². The van der Waals surface area contributed by atoms with E-state index in [0.717, 1.165) is 17.3 Å². The number of amides is 1. The molecule has 5 heteroatoms. The maximum Gasteiger partial charge on any atom is 0.412 e. The van der Waals surface area contributed by atoms with E-state index in [9.17, 15) is 9.59 Å². The number of carbonyl (C=O) groups excluding carboxylic acids is 2. The van der Waals surface area contributed by atoms with Crippen LogP contribution in [0.3, 0.4) is 0 Å². The topological polar surface area (TPSA) is 55.4 Å². The Balaban J connectivity index is 2.39. The summed E-state index contributed by atoms with van der Waals surface area (Å²) < 4.78 is 5.05. The highest BCUT2D eigenvalue weighted by atomic mass is 32.2. The number of allylic oxidation sites excluding steroid dienone is 2. The third-order valence-electron chi connectivity index (χ3n) is 2.30. The van der Waals surface area contributed by atoms with E-state index in [0.29, 0.717) is 9.93 Å². The molecule has 0 unspecified atom stereocenters. The molecule has 1 rings (SSSR count). The molecular formula is C15H17NO3S. The molecule has 0 radical (unpaired) electrons. The summed E-state index contributed by atoms with van der Waals surface area (Å²) in [6.07, 6.45) is 1.08. The van der Waals surface area contributed by atoms with Gasteiger partial charge in [-0.1, -0.05) is 54.7 Å². The molecule has 0 aliphatic heterocycles. The van der Waals surface area contributed by atoms with Crippen molar-refractivity contribution < 1.29 is 14.3 Å². The largest absolute Gasteiger partial charge is 0.444 e. The Kier molecular flexibility index (Phi) is 6.59. The minimum atomic E-state index is -0.592. The van der Waals surface area contributed by atoms with Gasteiger partial charge in [0, 0.05) is 0 Å². The van der Waals surface area contributed by atoms with Crippen LogP contribution in [0.25, 0.3) is 0 Å². The molecule has 20 heavy (non-hydrogen) atoms. The van der Waals surface area contributed by atoms with Crippen molar-refractivity contribution in [3.8, 4) is 0 Å². The molecule has 1 amide bonds. The number of nitrogens with one attached hydrogen (secondary N) is 1. The molecule has 0 aromatic heterocycles. The van der Waals surface area contributed by atoms with Crippen LogP contribution in [0.4, 0.5) is 4.79 Å². The summed E-state index contributed by atoms with van der Waals surface area (Å²) in [5.74, 6) is -0.0712. The molecule has 0 bridgehead atoms. The number of thioether (sulfide) groups is 1. The summed E-state index contributed by atoms with van der Waals surface area (Å²) >= 11 is 1.11. The summed E-state index contributed by atoms with van der Waals surface area (Å²) in [6, 6.07) is 9.37. The van der Waals surface area contributed by atoms with Crippen LogP contribution < -0.4 is 5.32 Å². The van der Waals surface area contributed by atoms with E-state index in [-0.39, 0.29) is 12.4 Å². The van der Waals surface area contributed by atoms with Crippen LogP contribution in [0.15, 0.2) is 52.9 Å². The first kappa shape index (κ1) is 16.0. The summed E-state index contributed by atoms with van der Waals surface area (Å²) in [5, 5.41) is 2.84. The number of alkyl carbamates (subject to hydrolysis) is 1. The van der Waals surface area contributed by atoms with Crippen LogP contribution in [-0.4, -0.2) is 11.9 Å². The third kappa shape index (κ3) is 5.75. The fraction of sp³-hybridized carbons (Fsp3) is 0.200. The Labute approximate surface area is 122 Å². The average molecular weight is 291 g/mol. The van der Waals surface area contributed by atoms with Crippen molar-refractivity contribution in [2.75, 3.05) is 0 Å². The fourth-order valence-electron chi connectivity index (χ4n) is 1.37. The molecule has 1 N–H and O–H groups in total. The Morgan fingerprint density at radius 2 is 2.00 bits per heavy atom. The molecule has 0 fully saturated rings. The van der Waals surface area contributed by atoms with Crippen LogP contribution in [-0.2, 0) is 16.1 Å². The smallest absolute Gasteiger partial charge is 0.412 e. The SMILES string of the molecule is C=C(NC(=O)OCc1ccccc1)S/C(=C\C)C(C)=O. The molecule has 0 aliphatic rings. The van der Waals surface area contributed by atoms with Gasteiger partial charge in [0.15, 0.2) is 5.78 Å². The second kappa shape index (κ2) is 8.22. The van der Waals surface area contributed by atoms with Gasteiger partial charge in [0.2, 0.25) is 0 Å². The van der Waals surface area contributed by atoms with Gasteiger partial charge in [-0.15, -0.1) is 0 Å². The number of ether oxygens (including phenoxy) is 1. The number of ketones is 1. The Hall–Kier alpha value is -2.01. The van der Waals surface area contributed by atoms with E-state index >= 15 is 0 Å². The molecule has 0 aliphatic carbocycles. The van der Waals surface area contributed by atoms with E-state index < -0.39 is 6.09 Å². The lowest BCUT2D eigenvalue weighted by atomic mass is 10.2. The molecule has 0 saturated heterocycles. The highest BCUT2D eigenvalue weighted by Gasteiger charge is 2.09. The highest BCUT2D eigenvalue weighted by molar-refractivity contribution is 8.07. The normalized spacial score (nSPS) is 10.8. The van der Waals surface area contributed by atoms with Crippen molar-refractivity contribution >= 4 is 23.6 Å². The van der Waals surface area contributed by atoms with Gasteiger partial charge in [-0.3, -0.25) is 10.1 Å². The first-order chi connectivity index (χ1) is 9.52. The summed E-state index contributed by atoms with van der Waals surface area (Å²) in [7, 11) is 0. The zero-order valence-electron chi connectivity index (χ0n) is 11.5. The van der Waals surface area contributed by atoms with Gasteiger partial charge in [0.05, 0.1) is 9.93 Å². The lowest BCUT2D eigenvalue weighted by Gasteiger charge is -2.09. The van der Waals surface area contributed by atoms with E-state index in [1.165, 1.54) is 6.92 Å². The maximum absolute atomic E-state index is 11.6. The summed E-state index contributed by atoms with van der Waals surface area (Å²) in [5.41, 5.74) is 0.902. The van der Waals surface area contributed by atoms with Gasteiger partial charge in [-0.2, -0.15) is 0 Å². The number of rotatable bonds is 6. The first-order valence-electron chi connectivity index (χ1n) is 6.04. The number of benzene rings is 1. The van der Waals surface area contributed by atoms with Crippen molar-refractivity contribution in [3.05, 3.63) is 58.5 Å². The predicted molar refractivity (Wildman–Crippen MR) is 80.9 cm³/mol. The summed E-state index contributed by atoms with van der Waals surface area (Å²) in [4.78, 5) is 23.3. The molecule has 0 saturated carbocycles. The van der Waals surface area contributed by atoms with Crippen molar-refractivity contribution in [1.82, 2.24) is 5.32 Å². The van der Waals surface area contributed by atoms with Crippen LogP contribution in [0.1, 0.15) is 19.4 Å². The lowest BCUT2D eigenvalue weighted by molar-refractivity contribution is -0.112. The van der Waals surface area contributed by atoms with Gasteiger partial charge < -0.3 is 4.74 Å². The molecule has 4 nitrogen and oxygen atoms in total. The maximum atomic E-state index is 11.6. The van der Waals surface area contributed by atoms with Crippen LogP contribution in [0, 0.1) is 0 Å². The molecule has 0 spiro atoms. The number of Topliss-reactive ketones (excluding diaryl/α,β-unsaturated/α-hetero) is 1. The number of hydrogen-bond donors (Lipinski definition) is 1. The van der Waals surface area contributed by atoms with Crippen LogP contribution in [0.2, 0.25) is 0 Å². The van der Waals surface area contributed by atoms with Crippen LogP contribution >= 0.6 is 11.8 Å². The molecule has 106 valence electrons. The third-order valence-corrected chi connectivity index (χ3v) is 3.39. The van der Waals surface area contributed by atoms with Crippen molar-refractivity contribution in [2.45, 2.75) is 20.5 Å². The summed E-state index contributed by atoms with van der Waals surface area (Å²) in [6.45, 7) is 7.08. The molecule has 0 atom stereocenters. The van der Waals surface area contributed by atoms with E-state index in [2.05, 4.69) is 11.9 Å². The molecular weight excluding hydrogens is 274 g/mol. The second-order valence-corrected chi connectivity index (χ2v) is 5.06. The van der Waals surface area contributed by atoms with Crippen molar-refractivity contribution in [3.63, 3.8) is 0 Å². The minimum Gasteiger partial charge on any atom is -0.444 e. The van der Waals surface area contributed by atoms with Gasteiger partial charge in [0.25, 0.3) is 0 Å². The Morgan fingerprint density at radius 1 is 1.35 bits per heavy atom.